The normalized spacial score (nSPS) is 20.7. The third-order valence-corrected chi connectivity index (χ3v) is 6.93. The number of hydrogen-bond acceptors (Lipinski definition) is 7. The average Bonchev–Trinajstić information content (AvgIpc) is 3.20. The highest BCUT2D eigenvalue weighted by Crippen LogP contribution is 2.46. The molecule has 0 bridgehead atoms. The van der Waals surface area contributed by atoms with Gasteiger partial charge in [-0.05, 0) is 36.8 Å². The molecule has 170 valence electrons. The van der Waals surface area contributed by atoms with Crippen molar-refractivity contribution in [3.8, 4) is 0 Å². The van der Waals surface area contributed by atoms with Crippen LogP contribution in [0.2, 0.25) is 0 Å². The minimum absolute atomic E-state index is 0.0608. The molecule has 1 saturated heterocycles. The lowest BCUT2D eigenvalue weighted by molar-refractivity contribution is -0.136. The molecule has 0 saturated carbocycles. The molecule has 32 heavy (non-hydrogen) atoms. The van der Waals surface area contributed by atoms with Crippen LogP contribution < -0.4 is 0 Å². The van der Waals surface area contributed by atoms with Gasteiger partial charge in [-0.3, -0.25) is 4.79 Å². The number of aliphatic imine (C=N–C) groups is 1. The molecule has 7 nitrogen and oxygen atoms in total. The van der Waals surface area contributed by atoms with Crippen molar-refractivity contribution in [3.63, 3.8) is 0 Å². The number of morpholine rings is 1. The van der Waals surface area contributed by atoms with E-state index in [2.05, 4.69) is 32.0 Å². The molecule has 4 rings (SSSR count). The standard InChI is InChI=1S/C24H29N3O4S/c1-5-19-21(23(29)30-4)22(18-7-6-15(2)12-16(18)3)27-17(14-32-24(27)25-19)13-20(28)26-8-10-31-11-9-26/h6-7,12,14,22H,5,8-11,13H2,1-4H3/t22-/m1/s1. The summed E-state index contributed by atoms with van der Waals surface area (Å²) in [6.07, 6.45) is 0.870. The maximum absolute atomic E-state index is 13.0. The minimum atomic E-state index is -0.385. The van der Waals surface area contributed by atoms with E-state index >= 15 is 0 Å². The van der Waals surface area contributed by atoms with Crippen LogP contribution in [0.3, 0.4) is 0 Å². The minimum Gasteiger partial charge on any atom is -0.466 e. The highest BCUT2D eigenvalue weighted by Gasteiger charge is 2.42. The van der Waals surface area contributed by atoms with E-state index in [1.54, 1.807) is 0 Å². The molecule has 1 atom stereocenters. The monoisotopic (exact) mass is 455 g/mol. The second-order valence-electron chi connectivity index (χ2n) is 8.13. The number of allylic oxidation sites excluding steroid dienone is 1. The molecule has 0 radical (unpaired) electrons. The Balaban J connectivity index is 1.75. The summed E-state index contributed by atoms with van der Waals surface area (Å²) in [6.45, 7) is 8.44. The lowest BCUT2D eigenvalue weighted by Crippen LogP contribution is -2.42. The molecule has 1 aromatic carbocycles. The van der Waals surface area contributed by atoms with Crippen LogP contribution in [-0.2, 0) is 19.1 Å². The van der Waals surface area contributed by atoms with Crippen molar-refractivity contribution in [1.29, 1.82) is 0 Å². The van der Waals surface area contributed by atoms with Crippen LogP contribution in [0, 0.1) is 13.8 Å². The number of esters is 1. The summed E-state index contributed by atoms with van der Waals surface area (Å²) in [5.74, 6) is -0.323. The largest absolute Gasteiger partial charge is 0.466 e. The van der Waals surface area contributed by atoms with Gasteiger partial charge in [0.1, 0.15) is 0 Å². The molecule has 1 amide bonds. The number of fused-ring (bicyclic) bond motifs is 1. The van der Waals surface area contributed by atoms with E-state index < -0.39 is 0 Å². The van der Waals surface area contributed by atoms with Crippen LogP contribution in [0.5, 0.6) is 0 Å². The molecule has 8 heteroatoms. The Morgan fingerprint density at radius 2 is 2.00 bits per heavy atom. The van der Waals surface area contributed by atoms with E-state index in [4.69, 9.17) is 14.5 Å². The SMILES string of the molecule is CCC1=C(C(=O)OC)[C@@H](c2ccc(C)cc2C)N2C(CC(=O)N3CCOCC3)=CSC2=N1. The van der Waals surface area contributed by atoms with E-state index in [1.807, 2.05) is 22.1 Å². The zero-order valence-corrected chi connectivity index (χ0v) is 19.8. The maximum Gasteiger partial charge on any atom is 0.338 e. The molecule has 0 spiro atoms. The van der Waals surface area contributed by atoms with Crippen molar-refractivity contribution in [1.82, 2.24) is 9.80 Å². The Morgan fingerprint density at radius 1 is 1.25 bits per heavy atom. The summed E-state index contributed by atoms with van der Waals surface area (Å²) in [7, 11) is 1.40. The number of amides is 1. The third kappa shape index (κ3) is 4.21. The van der Waals surface area contributed by atoms with Crippen molar-refractivity contribution in [2.24, 2.45) is 4.99 Å². The van der Waals surface area contributed by atoms with Gasteiger partial charge in [-0.15, -0.1) is 0 Å². The lowest BCUT2D eigenvalue weighted by Gasteiger charge is -2.37. The van der Waals surface area contributed by atoms with Crippen LogP contribution in [-0.4, -0.2) is 60.3 Å². The second kappa shape index (κ2) is 9.50. The summed E-state index contributed by atoms with van der Waals surface area (Å²) in [5.41, 5.74) is 5.38. The predicted molar refractivity (Wildman–Crippen MR) is 125 cm³/mol. The number of carbonyl (C=O) groups excluding carboxylic acids is 2. The number of rotatable bonds is 5. The first-order valence-electron chi connectivity index (χ1n) is 10.9. The molecule has 1 fully saturated rings. The van der Waals surface area contributed by atoms with Gasteiger partial charge in [0, 0.05) is 18.8 Å². The number of aryl methyl sites for hydroxylation is 2. The molecule has 0 unspecified atom stereocenters. The number of ether oxygens (including phenoxy) is 2. The molecule has 0 aliphatic carbocycles. The molecular weight excluding hydrogens is 426 g/mol. The number of hydrogen-bond donors (Lipinski definition) is 0. The number of benzene rings is 1. The summed E-state index contributed by atoms with van der Waals surface area (Å²) < 4.78 is 10.6. The Hall–Kier alpha value is -2.58. The van der Waals surface area contributed by atoms with E-state index in [0.717, 1.165) is 33.3 Å². The van der Waals surface area contributed by atoms with Gasteiger partial charge in [0.05, 0.1) is 44.1 Å². The van der Waals surface area contributed by atoms with Gasteiger partial charge in [-0.25, -0.2) is 9.79 Å². The Labute approximate surface area is 193 Å². The van der Waals surface area contributed by atoms with Crippen molar-refractivity contribution in [2.45, 2.75) is 39.7 Å². The van der Waals surface area contributed by atoms with Crippen LogP contribution in [0.1, 0.15) is 42.5 Å². The molecule has 1 aromatic rings. The Morgan fingerprint density at radius 3 is 2.66 bits per heavy atom. The zero-order chi connectivity index (χ0) is 22.8. The van der Waals surface area contributed by atoms with Gasteiger partial charge in [0.15, 0.2) is 5.17 Å². The number of thioether (sulfide) groups is 1. The Bertz CT molecular complexity index is 1020. The molecule has 0 N–H and O–H groups in total. The number of carbonyl (C=O) groups is 2. The van der Waals surface area contributed by atoms with Crippen LogP contribution in [0.4, 0.5) is 0 Å². The van der Waals surface area contributed by atoms with Crippen molar-refractivity contribution >= 4 is 28.8 Å². The smallest absolute Gasteiger partial charge is 0.338 e. The van der Waals surface area contributed by atoms with Gasteiger partial charge in [-0.1, -0.05) is 42.4 Å². The fourth-order valence-electron chi connectivity index (χ4n) is 4.42. The van der Waals surface area contributed by atoms with E-state index in [9.17, 15) is 9.59 Å². The molecular formula is C24H29N3O4S. The molecule has 0 aromatic heterocycles. The third-order valence-electron chi connectivity index (χ3n) is 6.05. The quantitative estimate of drug-likeness (QED) is 0.631. The number of amidine groups is 1. The van der Waals surface area contributed by atoms with Crippen molar-refractivity contribution < 1.29 is 19.1 Å². The summed E-state index contributed by atoms with van der Waals surface area (Å²) in [4.78, 5) is 34.7. The summed E-state index contributed by atoms with van der Waals surface area (Å²) in [5, 5.41) is 2.78. The van der Waals surface area contributed by atoms with Gasteiger partial charge >= 0.3 is 5.97 Å². The molecule has 3 heterocycles. The topological polar surface area (TPSA) is 71.4 Å². The van der Waals surface area contributed by atoms with E-state index in [0.29, 0.717) is 38.3 Å². The van der Waals surface area contributed by atoms with Crippen molar-refractivity contribution in [2.75, 3.05) is 33.4 Å². The highest BCUT2D eigenvalue weighted by atomic mass is 32.2. The Kier molecular flexibility index (Phi) is 6.71. The van der Waals surface area contributed by atoms with Crippen molar-refractivity contribution in [3.05, 3.63) is 57.3 Å². The van der Waals surface area contributed by atoms with Gasteiger partial charge in [0.2, 0.25) is 5.91 Å². The summed E-state index contributed by atoms with van der Waals surface area (Å²) >= 11 is 1.50. The summed E-state index contributed by atoms with van der Waals surface area (Å²) in [6, 6.07) is 5.86. The second-order valence-corrected chi connectivity index (χ2v) is 8.97. The first kappa shape index (κ1) is 22.6. The fraction of sp³-hybridized carbons (Fsp3) is 0.458. The first-order valence-corrected chi connectivity index (χ1v) is 11.8. The molecule has 3 aliphatic rings. The first-order chi connectivity index (χ1) is 15.4. The maximum atomic E-state index is 13.0. The van der Waals surface area contributed by atoms with Gasteiger partial charge in [-0.2, -0.15) is 0 Å². The lowest BCUT2D eigenvalue weighted by atomic mass is 9.89. The number of nitrogens with zero attached hydrogens (tertiary/aromatic N) is 3. The highest BCUT2D eigenvalue weighted by molar-refractivity contribution is 8.16. The zero-order valence-electron chi connectivity index (χ0n) is 19.0. The number of methoxy groups -OCH3 is 1. The predicted octanol–water partition coefficient (Wildman–Crippen LogP) is 3.69. The fourth-order valence-corrected chi connectivity index (χ4v) is 5.36. The van der Waals surface area contributed by atoms with Crippen LogP contribution in [0.25, 0.3) is 0 Å². The average molecular weight is 456 g/mol. The van der Waals surface area contributed by atoms with Crippen LogP contribution >= 0.6 is 11.8 Å². The van der Waals surface area contributed by atoms with Gasteiger partial charge < -0.3 is 19.3 Å². The van der Waals surface area contributed by atoms with Crippen LogP contribution in [0.15, 0.2) is 45.6 Å². The van der Waals surface area contributed by atoms with E-state index in [-0.39, 0.29) is 24.3 Å². The van der Waals surface area contributed by atoms with E-state index in [1.165, 1.54) is 18.9 Å². The molecule has 3 aliphatic heterocycles. The van der Waals surface area contributed by atoms with Gasteiger partial charge in [0.25, 0.3) is 0 Å².